The maximum atomic E-state index is 13.9. The Labute approximate surface area is 262 Å². The fourth-order valence-corrected chi connectivity index (χ4v) is 5.83. The number of amidine groups is 1. The van der Waals surface area contributed by atoms with Crippen molar-refractivity contribution in [3.05, 3.63) is 90.0 Å². The highest BCUT2D eigenvalue weighted by Gasteiger charge is 2.31. The van der Waals surface area contributed by atoms with Gasteiger partial charge in [0.05, 0.1) is 5.69 Å². The number of halogens is 4. The molecule has 1 atom stereocenters. The lowest BCUT2D eigenvalue weighted by Crippen LogP contribution is -2.33. The fraction of sp³-hybridized carbons (Fsp3) is 0.312. The zero-order valence-corrected chi connectivity index (χ0v) is 25.7. The lowest BCUT2D eigenvalue weighted by Gasteiger charge is -2.23. The molecule has 0 radical (unpaired) electrons. The number of carbonyl (C=O) groups excluding carboxylic acids is 1. The smallest absolute Gasteiger partial charge is 0.406 e. The molecule has 1 aromatic heterocycles. The zero-order chi connectivity index (χ0) is 32.1. The summed E-state index contributed by atoms with van der Waals surface area (Å²) in [6.07, 6.45) is -1.84. The van der Waals surface area contributed by atoms with E-state index in [1.807, 2.05) is 49.9 Å². The number of nitrogens with zero attached hydrogens (tertiary/aromatic N) is 5. The molecule has 13 heteroatoms. The van der Waals surface area contributed by atoms with Gasteiger partial charge in [-0.05, 0) is 79.3 Å². The van der Waals surface area contributed by atoms with Gasteiger partial charge in [-0.1, -0.05) is 49.9 Å². The lowest BCUT2D eigenvalue weighted by molar-refractivity contribution is -0.274. The number of nitrogens with one attached hydrogen (secondary N) is 1. The number of thioether (sulfide) groups is 1. The third kappa shape index (κ3) is 8.41. The monoisotopic (exact) mass is 640 g/mol. The third-order valence-electron chi connectivity index (χ3n) is 7.15. The first-order valence-electron chi connectivity index (χ1n) is 14.4. The molecule has 0 spiro atoms. The van der Waals surface area contributed by atoms with Crippen LogP contribution in [0.3, 0.4) is 0 Å². The van der Waals surface area contributed by atoms with E-state index in [9.17, 15) is 22.4 Å². The van der Waals surface area contributed by atoms with Crippen molar-refractivity contribution in [2.75, 3.05) is 17.2 Å². The molecule has 1 N–H and O–H groups in total. The number of carbonyl (C=O) groups is 1. The second kappa shape index (κ2) is 13.7. The number of rotatable bonds is 9. The van der Waals surface area contributed by atoms with Crippen LogP contribution in [0, 0.1) is 5.82 Å². The normalized spacial score (nSPS) is 15.1. The van der Waals surface area contributed by atoms with E-state index < -0.39 is 12.4 Å². The molecule has 236 valence electrons. The molecule has 1 fully saturated rings. The molecule has 8 nitrogen and oxygen atoms in total. The van der Waals surface area contributed by atoms with E-state index in [2.05, 4.69) is 25.1 Å². The molecular weight excluding hydrogens is 608 g/mol. The summed E-state index contributed by atoms with van der Waals surface area (Å²) in [6.45, 7) is 6.65. The second-order valence-corrected chi connectivity index (χ2v) is 12.0. The molecule has 5 rings (SSSR count). The van der Waals surface area contributed by atoms with Gasteiger partial charge in [0.15, 0.2) is 11.0 Å². The Morgan fingerprint density at radius 1 is 1.07 bits per heavy atom. The minimum atomic E-state index is -4.75. The van der Waals surface area contributed by atoms with Gasteiger partial charge in [-0.25, -0.2) is 18.9 Å². The van der Waals surface area contributed by atoms with Gasteiger partial charge in [-0.2, -0.15) is 4.99 Å². The van der Waals surface area contributed by atoms with Crippen molar-refractivity contribution >= 4 is 28.6 Å². The number of alkyl halides is 3. The number of hydrogen-bond donors (Lipinski definition) is 1. The predicted octanol–water partition coefficient (Wildman–Crippen LogP) is 7.74. The topological polar surface area (TPSA) is 84.6 Å². The molecule has 1 aliphatic heterocycles. The van der Waals surface area contributed by atoms with E-state index in [4.69, 9.17) is 0 Å². The van der Waals surface area contributed by atoms with Crippen LogP contribution < -0.4 is 15.0 Å². The highest BCUT2D eigenvalue weighted by atomic mass is 32.2. The van der Waals surface area contributed by atoms with Gasteiger partial charge < -0.3 is 15.0 Å². The Morgan fingerprint density at radius 2 is 1.80 bits per heavy atom. The van der Waals surface area contributed by atoms with Gasteiger partial charge >= 0.3 is 12.4 Å². The van der Waals surface area contributed by atoms with E-state index in [1.165, 1.54) is 53.1 Å². The molecule has 1 aliphatic rings. The number of aromatic nitrogens is 3. The van der Waals surface area contributed by atoms with Crippen molar-refractivity contribution in [3.8, 4) is 22.8 Å². The number of aryl methyl sites for hydroxylation is 1. The first-order valence-corrected chi connectivity index (χ1v) is 15.4. The van der Waals surface area contributed by atoms with Crippen molar-refractivity contribution in [2.45, 2.75) is 51.9 Å². The summed E-state index contributed by atoms with van der Waals surface area (Å²) in [7, 11) is 0. The summed E-state index contributed by atoms with van der Waals surface area (Å²) in [4.78, 5) is 23.4. The Morgan fingerprint density at radius 3 is 2.49 bits per heavy atom. The Kier molecular flexibility index (Phi) is 9.76. The van der Waals surface area contributed by atoms with Crippen LogP contribution in [0.25, 0.3) is 17.1 Å². The molecule has 0 saturated carbocycles. The van der Waals surface area contributed by atoms with Gasteiger partial charge in [-0.15, -0.1) is 18.3 Å². The molecule has 4 aromatic rings. The number of urea groups is 1. The van der Waals surface area contributed by atoms with Crippen LogP contribution in [0.1, 0.15) is 44.2 Å². The quantitative estimate of drug-likeness (QED) is 0.189. The molecule has 2 heterocycles. The zero-order valence-electron chi connectivity index (χ0n) is 24.9. The van der Waals surface area contributed by atoms with E-state index in [0.717, 1.165) is 34.6 Å². The van der Waals surface area contributed by atoms with Gasteiger partial charge in [0.1, 0.15) is 17.9 Å². The molecule has 1 saturated heterocycles. The second-order valence-electron chi connectivity index (χ2n) is 10.9. The van der Waals surface area contributed by atoms with Gasteiger partial charge in [0, 0.05) is 29.6 Å². The minimum absolute atomic E-state index is 0.121. The molecule has 0 bridgehead atoms. The summed E-state index contributed by atoms with van der Waals surface area (Å²) >= 11 is 1.50. The van der Waals surface area contributed by atoms with Gasteiger partial charge in [-0.3, -0.25) is 0 Å². The highest BCUT2D eigenvalue weighted by molar-refractivity contribution is 8.14. The van der Waals surface area contributed by atoms with Crippen LogP contribution in [-0.4, -0.2) is 50.7 Å². The first kappa shape index (κ1) is 32.0. The number of hydrogen-bond acceptors (Lipinski definition) is 5. The van der Waals surface area contributed by atoms with Crippen LogP contribution in [0.15, 0.2) is 78.0 Å². The van der Waals surface area contributed by atoms with Crippen LogP contribution >= 0.6 is 11.8 Å². The minimum Gasteiger partial charge on any atom is -0.406 e. The number of amides is 2. The van der Waals surface area contributed by atoms with Crippen LogP contribution in [0.2, 0.25) is 0 Å². The number of ether oxygens (including phenoxy) is 1. The predicted molar refractivity (Wildman–Crippen MR) is 168 cm³/mol. The average Bonchev–Trinajstić information content (AvgIpc) is 3.66. The number of aliphatic imine (C=N–C) groups is 1. The van der Waals surface area contributed by atoms with Crippen LogP contribution in [0.4, 0.5) is 28.0 Å². The average molecular weight is 641 g/mol. The van der Waals surface area contributed by atoms with Crippen molar-refractivity contribution in [1.82, 2.24) is 20.1 Å². The maximum absolute atomic E-state index is 13.9. The maximum Gasteiger partial charge on any atom is 0.573 e. The molecule has 2 amide bonds. The summed E-state index contributed by atoms with van der Waals surface area (Å²) in [5, 5.41) is 7.99. The standard InChI is InChI=1S/C32H32F4N6O2S/c1-20(2)27-18-24(33)10-15-28(27)41-16-17-45-31(41)39-30(43)38-21(3)4-5-22-6-8-23(9-7-22)29-37-19-42(40-29)25-11-13-26(14-12-25)44-32(34,35)36/h6-15,18-21H,4-5,16-17H2,1-3H3,(H,38,43)/b39-31-. The first-order chi connectivity index (χ1) is 21.4. The van der Waals surface area contributed by atoms with Crippen LogP contribution in [0.5, 0.6) is 5.75 Å². The highest BCUT2D eigenvalue weighted by Crippen LogP contribution is 2.33. The molecule has 3 aromatic carbocycles. The van der Waals surface area contributed by atoms with Crippen molar-refractivity contribution in [3.63, 3.8) is 0 Å². The van der Waals surface area contributed by atoms with E-state index in [0.29, 0.717) is 29.6 Å². The molecular formula is C32H32F4N6O2S. The summed E-state index contributed by atoms with van der Waals surface area (Å²) < 4.78 is 56.5. The van der Waals surface area contributed by atoms with E-state index >= 15 is 0 Å². The third-order valence-corrected chi connectivity index (χ3v) is 8.11. The number of benzene rings is 3. The van der Waals surface area contributed by atoms with E-state index in [1.54, 1.807) is 12.1 Å². The largest absolute Gasteiger partial charge is 0.573 e. The van der Waals surface area contributed by atoms with Gasteiger partial charge in [0.2, 0.25) is 0 Å². The van der Waals surface area contributed by atoms with E-state index in [-0.39, 0.29) is 23.5 Å². The van der Waals surface area contributed by atoms with Crippen molar-refractivity contribution < 1.29 is 27.1 Å². The Hall–Kier alpha value is -4.39. The van der Waals surface area contributed by atoms with Crippen molar-refractivity contribution in [1.29, 1.82) is 0 Å². The van der Waals surface area contributed by atoms with Crippen LogP contribution in [-0.2, 0) is 6.42 Å². The summed E-state index contributed by atoms with van der Waals surface area (Å²) in [5.74, 6) is 0.779. The molecule has 45 heavy (non-hydrogen) atoms. The molecule has 1 unspecified atom stereocenters. The Bertz CT molecular complexity index is 1660. The van der Waals surface area contributed by atoms with Gasteiger partial charge in [0.25, 0.3) is 0 Å². The lowest BCUT2D eigenvalue weighted by atomic mass is 10.0. The fourth-order valence-electron chi connectivity index (χ4n) is 4.88. The SMILES string of the molecule is CC(CCc1ccc(-c2ncn(-c3ccc(OC(F)(F)F)cc3)n2)cc1)NC(=O)/N=C1\SCCN1c1ccc(F)cc1C(C)C. The summed E-state index contributed by atoms with van der Waals surface area (Å²) in [5.41, 5.74) is 4.14. The number of anilines is 1. The van der Waals surface area contributed by atoms with Crippen molar-refractivity contribution in [2.24, 2.45) is 4.99 Å². The Balaban J connectivity index is 1.14. The summed E-state index contributed by atoms with van der Waals surface area (Å²) in [6, 6.07) is 17.3. The molecule has 0 aliphatic carbocycles.